The topological polar surface area (TPSA) is 65.3 Å². The van der Waals surface area contributed by atoms with Gasteiger partial charge in [-0.25, -0.2) is 14.0 Å². The Labute approximate surface area is 138 Å². The van der Waals surface area contributed by atoms with E-state index >= 15 is 0 Å². The van der Waals surface area contributed by atoms with Crippen molar-refractivity contribution in [3.8, 4) is 11.4 Å². The molecule has 0 atom stereocenters. The number of benzene rings is 1. The van der Waals surface area contributed by atoms with E-state index in [9.17, 15) is 0 Å². The summed E-state index contributed by atoms with van der Waals surface area (Å²) in [6.07, 6.45) is 3.58. The average molecular weight is 368 g/mol. The van der Waals surface area contributed by atoms with Crippen molar-refractivity contribution in [2.24, 2.45) is 7.05 Å². The predicted molar refractivity (Wildman–Crippen MR) is 89.1 cm³/mol. The zero-order valence-corrected chi connectivity index (χ0v) is 13.6. The molecule has 0 saturated heterocycles. The summed E-state index contributed by atoms with van der Waals surface area (Å²) in [5, 5.41) is 14.1. The SMILES string of the molecule is Cn1ncc2c1c1nnc(-c3ccccc3)n1n1c(Br)cnc21. The molecule has 4 aromatic heterocycles. The van der Waals surface area contributed by atoms with Crippen LogP contribution >= 0.6 is 15.9 Å². The van der Waals surface area contributed by atoms with E-state index < -0.39 is 0 Å². The highest BCUT2D eigenvalue weighted by Crippen LogP contribution is 2.28. The highest BCUT2D eigenvalue weighted by atomic mass is 79.9. The van der Waals surface area contributed by atoms with Crippen molar-refractivity contribution in [2.45, 2.75) is 0 Å². The number of imidazole rings is 1. The average Bonchev–Trinajstić information content (AvgIpc) is 3.25. The normalized spacial score (nSPS) is 11.9. The lowest BCUT2D eigenvalue weighted by atomic mass is 10.2. The molecule has 8 heteroatoms. The maximum Gasteiger partial charge on any atom is 0.202 e. The van der Waals surface area contributed by atoms with E-state index in [4.69, 9.17) is 0 Å². The van der Waals surface area contributed by atoms with E-state index in [1.807, 2.05) is 46.4 Å². The summed E-state index contributed by atoms with van der Waals surface area (Å²) < 4.78 is 6.56. The lowest BCUT2D eigenvalue weighted by Gasteiger charge is -2.06. The van der Waals surface area contributed by atoms with E-state index in [1.54, 1.807) is 17.1 Å². The zero-order valence-electron chi connectivity index (χ0n) is 12.0. The van der Waals surface area contributed by atoms with Crippen molar-refractivity contribution in [3.05, 3.63) is 47.3 Å². The second-order valence-corrected chi connectivity index (χ2v) is 6.08. The monoisotopic (exact) mass is 367 g/mol. The van der Waals surface area contributed by atoms with Gasteiger partial charge in [0.05, 0.1) is 17.8 Å². The summed E-state index contributed by atoms with van der Waals surface area (Å²) in [5.74, 6) is 0.757. The van der Waals surface area contributed by atoms with Gasteiger partial charge >= 0.3 is 0 Å². The van der Waals surface area contributed by atoms with Crippen LogP contribution in [0, 0.1) is 0 Å². The van der Waals surface area contributed by atoms with Crippen LogP contribution in [0.2, 0.25) is 0 Å². The molecule has 7 nitrogen and oxygen atoms in total. The summed E-state index contributed by atoms with van der Waals surface area (Å²) in [7, 11) is 1.90. The van der Waals surface area contributed by atoms with Gasteiger partial charge < -0.3 is 0 Å². The van der Waals surface area contributed by atoms with Gasteiger partial charge in [-0.05, 0) is 15.9 Å². The number of hydrogen-bond donors (Lipinski definition) is 0. The Balaban J connectivity index is 2.08. The summed E-state index contributed by atoms with van der Waals surface area (Å²) in [5.41, 5.74) is 3.45. The molecule has 0 aliphatic rings. The van der Waals surface area contributed by atoms with Crippen molar-refractivity contribution < 1.29 is 0 Å². The van der Waals surface area contributed by atoms with Gasteiger partial charge in [0, 0.05) is 12.6 Å². The smallest absolute Gasteiger partial charge is 0.202 e. The first-order valence-electron chi connectivity index (χ1n) is 7.03. The van der Waals surface area contributed by atoms with Gasteiger partial charge in [-0.2, -0.15) is 5.10 Å². The fourth-order valence-corrected chi connectivity index (χ4v) is 3.38. The maximum absolute atomic E-state index is 4.51. The van der Waals surface area contributed by atoms with Crippen LogP contribution in [0.4, 0.5) is 0 Å². The molecule has 0 bridgehead atoms. The van der Waals surface area contributed by atoms with Gasteiger partial charge in [-0.1, -0.05) is 30.3 Å². The van der Waals surface area contributed by atoms with Crippen molar-refractivity contribution in [1.82, 2.24) is 34.0 Å². The maximum atomic E-state index is 4.51. The molecule has 0 amide bonds. The van der Waals surface area contributed by atoms with E-state index in [2.05, 4.69) is 36.2 Å². The third-order valence-electron chi connectivity index (χ3n) is 3.96. The van der Waals surface area contributed by atoms with Crippen molar-refractivity contribution in [3.63, 3.8) is 0 Å². The molecule has 0 N–H and O–H groups in total. The Morgan fingerprint density at radius 2 is 1.78 bits per heavy atom. The molecule has 0 saturated carbocycles. The minimum absolute atomic E-state index is 0.741. The molecule has 0 aliphatic heterocycles. The van der Waals surface area contributed by atoms with Gasteiger partial charge in [0.25, 0.3) is 0 Å². The molecule has 4 heterocycles. The van der Waals surface area contributed by atoms with Crippen LogP contribution in [0.1, 0.15) is 0 Å². The first kappa shape index (κ1) is 12.8. The quantitative estimate of drug-likeness (QED) is 0.456. The third-order valence-corrected chi connectivity index (χ3v) is 4.50. The van der Waals surface area contributed by atoms with Crippen molar-refractivity contribution in [1.29, 1.82) is 0 Å². The molecule has 0 fully saturated rings. The van der Waals surface area contributed by atoms with Crippen LogP contribution in [-0.2, 0) is 7.05 Å². The van der Waals surface area contributed by atoms with Crippen LogP contribution in [0.25, 0.3) is 33.6 Å². The number of aromatic nitrogens is 7. The van der Waals surface area contributed by atoms with E-state index in [0.29, 0.717) is 0 Å². The van der Waals surface area contributed by atoms with Crippen LogP contribution in [0.3, 0.4) is 0 Å². The Morgan fingerprint density at radius 3 is 2.61 bits per heavy atom. The lowest BCUT2D eigenvalue weighted by Crippen LogP contribution is -2.04. The molecule has 23 heavy (non-hydrogen) atoms. The van der Waals surface area contributed by atoms with Crippen LogP contribution in [0.5, 0.6) is 0 Å². The van der Waals surface area contributed by atoms with Gasteiger partial charge in [-0.3, -0.25) is 4.68 Å². The fraction of sp³-hybridized carbons (Fsp3) is 0.0667. The molecule has 5 rings (SSSR count). The van der Waals surface area contributed by atoms with Crippen LogP contribution < -0.4 is 0 Å². The minimum atomic E-state index is 0.741. The molecule has 0 radical (unpaired) electrons. The number of nitrogens with zero attached hydrogens (tertiary/aromatic N) is 7. The molecule has 0 aliphatic carbocycles. The fourth-order valence-electron chi connectivity index (χ4n) is 2.95. The highest BCUT2D eigenvalue weighted by Gasteiger charge is 2.20. The van der Waals surface area contributed by atoms with Gasteiger partial charge in [0.1, 0.15) is 10.1 Å². The van der Waals surface area contributed by atoms with Crippen molar-refractivity contribution in [2.75, 3.05) is 0 Å². The second-order valence-electron chi connectivity index (χ2n) is 5.27. The zero-order chi connectivity index (χ0) is 15.6. The second kappa shape index (κ2) is 4.39. The largest absolute Gasteiger partial charge is 0.264 e. The lowest BCUT2D eigenvalue weighted by molar-refractivity contribution is 0.790. The van der Waals surface area contributed by atoms with Gasteiger partial charge in [0.15, 0.2) is 11.5 Å². The molecule has 0 spiro atoms. The molecule has 5 aromatic rings. The standard InChI is InChI=1S/C15H10BrN7/c1-21-12-10(7-18-21)14-17-8-11(16)22(14)23-13(19-20-15(12)23)9-5-3-2-4-6-9/h2-8H,1H3. The number of aryl methyl sites for hydroxylation is 1. The van der Waals surface area contributed by atoms with E-state index in [-0.39, 0.29) is 0 Å². The summed E-state index contributed by atoms with van der Waals surface area (Å²) >= 11 is 3.57. The number of hydrogen-bond acceptors (Lipinski definition) is 4. The Kier molecular flexibility index (Phi) is 2.44. The van der Waals surface area contributed by atoms with Gasteiger partial charge in [0.2, 0.25) is 5.65 Å². The number of halogens is 1. The van der Waals surface area contributed by atoms with E-state index in [1.165, 1.54) is 0 Å². The Hall–Kier alpha value is -2.74. The third kappa shape index (κ3) is 1.58. The molecule has 1 aromatic carbocycles. The molecular weight excluding hydrogens is 358 g/mol. The summed E-state index contributed by atoms with van der Waals surface area (Å²) in [6.45, 7) is 0. The van der Waals surface area contributed by atoms with E-state index in [0.717, 1.165) is 38.2 Å². The van der Waals surface area contributed by atoms with Crippen molar-refractivity contribution >= 4 is 38.1 Å². The van der Waals surface area contributed by atoms with Crippen LogP contribution in [0.15, 0.2) is 47.3 Å². The molecular formula is C15H10BrN7. The highest BCUT2D eigenvalue weighted by molar-refractivity contribution is 9.10. The molecule has 112 valence electrons. The van der Waals surface area contributed by atoms with Crippen LogP contribution in [-0.4, -0.2) is 34.0 Å². The van der Waals surface area contributed by atoms with Gasteiger partial charge in [-0.15, -0.1) is 10.2 Å². The number of rotatable bonds is 1. The first-order chi connectivity index (χ1) is 11.3. The molecule has 0 unspecified atom stereocenters. The summed E-state index contributed by atoms with van der Waals surface area (Å²) in [6, 6.07) is 9.98. The predicted octanol–water partition coefficient (Wildman–Crippen LogP) is 2.69. The first-order valence-corrected chi connectivity index (χ1v) is 7.82. The Morgan fingerprint density at radius 1 is 0.957 bits per heavy atom. The summed E-state index contributed by atoms with van der Waals surface area (Å²) in [4.78, 5) is 4.51. The number of fused-ring (bicyclic) bond motifs is 6. The minimum Gasteiger partial charge on any atom is -0.264 e. The Bertz CT molecular complexity index is 1180.